The lowest BCUT2D eigenvalue weighted by Crippen LogP contribution is -2.39. The Morgan fingerprint density at radius 2 is 2.19 bits per heavy atom. The van der Waals surface area contributed by atoms with Crippen molar-refractivity contribution < 1.29 is 13.9 Å². The summed E-state index contributed by atoms with van der Waals surface area (Å²) >= 11 is 0. The average Bonchev–Trinajstić information content (AvgIpc) is 2.69. The zero-order valence-corrected chi connectivity index (χ0v) is 14.7. The zero-order chi connectivity index (χ0) is 18.4. The number of amides is 1. The Labute approximate surface area is 153 Å². The van der Waals surface area contributed by atoms with Crippen LogP contribution in [-0.2, 0) is 0 Å². The maximum atomic E-state index is 13.8. The lowest BCUT2D eigenvalue weighted by Gasteiger charge is -2.35. The highest BCUT2D eigenvalue weighted by Gasteiger charge is 2.31. The summed E-state index contributed by atoms with van der Waals surface area (Å²) < 4.78 is 19.5. The lowest BCUT2D eigenvalue weighted by molar-refractivity contribution is 0.0601. The number of benzene rings is 1. The molecular weight excluding hydrogens is 333 g/mol. The topological polar surface area (TPSA) is 68.5 Å². The maximum absolute atomic E-state index is 13.8. The van der Waals surface area contributed by atoms with E-state index in [4.69, 9.17) is 10.5 Å². The molecule has 1 fully saturated rings. The first-order chi connectivity index (χ1) is 12.7. The minimum atomic E-state index is -0.453. The molecule has 0 bridgehead atoms. The third-order valence-corrected chi connectivity index (χ3v) is 4.57. The molecule has 1 aromatic carbocycles. The number of halogens is 1. The quantitative estimate of drug-likeness (QED) is 0.806. The number of piperidine rings is 1. The van der Waals surface area contributed by atoms with Crippen molar-refractivity contribution in [1.82, 2.24) is 9.88 Å². The second kappa shape index (κ2) is 8.76. The van der Waals surface area contributed by atoms with Gasteiger partial charge in [-0.05, 0) is 62.6 Å². The van der Waals surface area contributed by atoms with Crippen LogP contribution in [0.2, 0.25) is 0 Å². The van der Waals surface area contributed by atoms with Gasteiger partial charge in [-0.3, -0.25) is 9.78 Å². The first kappa shape index (κ1) is 18.3. The molecule has 2 N–H and O–H groups in total. The summed E-state index contributed by atoms with van der Waals surface area (Å²) in [7, 11) is 0. The molecule has 0 radical (unpaired) electrons. The van der Waals surface area contributed by atoms with Gasteiger partial charge < -0.3 is 15.4 Å². The van der Waals surface area contributed by atoms with E-state index in [1.807, 2.05) is 18.2 Å². The number of carbonyl (C=O) groups excluding carboxylic acids is 1. The number of aromatic nitrogens is 1. The molecule has 6 heteroatoms. The molecule has 3 rings (SSSR count). The molecule has 1 aliphatic heterocycles. The molecule has 0 unspecified atom stereocenters. The number of hydrogen-bond donors (Lipinski definition) is 1. The third kappa shape index (κ3) is 4.19. The second-order valence-corrected chi connectivity index (χ2v) is 6.40. The highest BCUT2D eigenvalue weighted by molar-refractivity contribution is 5.97. The molecule has 1 amide bonds. The van der Waals surface area contributed by atoms with Gasteiger partial charge in [0.05, 0.1) is 23.9 Å². The van der Waals surface area contributed by atoms with Crippen molar-refractivity contribution in [2.24, 2.45) is 5.73 Å². The van der Waals surface area contributed by atoms with E-state index in [-0.39, 0.29) is 17.5 Å². The molecule has 1 atom stereocenters. The van der Waals surface area contributed by atoms with Gasteiger partial charge in [0.15, 0.2) is 0 Å². The SMILES string of the molecule is NCCCOc1ccc(F)cc1C(=O)N1CCCC[C@@H]1c1ccccn1. The van der Waals surface area contributed by atoms with E-state index < -0.39 is 5.82 Å². The van der Waals surface area contributed by atoms with Gasteiger partial charge in [0.2, 0.25) is 0 Å². The minimum absolute atomic E-state index is 0.0994. The summed E-state index contributed by atoms with van der Waals surface area (Å²) in [5.74, 6) is -0.274. The van der Waals surface area contributed by atoms with Crippen LogP contribution in [0.1, 0.15) is 47.8 Å². The monoisotopic (exact) mass is 357 g/mol. The molecule has 1 aliphatic rings. The number of nitrogens with two attached hydrogens (primary N) is 1. The van der Waals surface area contributed by atoms with Gasteiger partial charge >= 0.3 is 0 Å². The van der Waals surface area contributed by atoms with Crippen molar-refractivity contribution in [1.29, 1.82) is 0 Å². The third-order valence-electron chi connectivity index (χ3n) is 4.57. The highest BCUT2D eigenvalue weighted by Crippen LogP contribution is 2.33. The van der Waals surface area contributed by atoms with E-state index in [1.54, 1.807) is 11.1 Å². The Morgan fingerprint density at radius 3 is 2.96 bits per heavy atom. The van der Waals surface area contributed by atoms with E-state index in [2.05, 4.69) is 4.98 Å². The number of ether oxygens (including phenoxy) is 1. The number of hydrogen-bond acceptors (Lipinski definition) is 4. The fraction of sp³-hybridized carbons (Fsp3) is 0.400. The van der Waals surface area contributed by atoms with Crippen LogP contribution in [0.4, 0.5) is 4.39 Å². The van der Waals surface area contributed by atoms with Gasteiger partial charge in [0.1, 0.15) is 11.6 Å². The standard InChI is InChI=1S/C20H24FN3O2/c21-15-8-9-19(26-13-5-10-22)16(14-15)20(25)24-12-4-2-7-18(24)17-6-1-3-11-23-17/h1,3,6,8-9,11,14,18H,2,4-5,7,10,12-13,22H2/t18-/m1/s1. The predicted octanol–water partition coefficient (Wildman–Crippen LogP) is 3.32. The number of carbonyl (C=O) groups is 1. The molecule has 1 aromatic heterocycles. The van der Waals surface area contributed by atoms with Gasteiger partial charge in [0.25, 0.3) is 5.91 Å². The first-order valence-electron chi connectivity index (χ1n) is 9.05. The molecule has 0 saturated carbocycles. The minimum Gasteiger partial charge on any atom is -0.493 e. The van der Waals surface area contributed by atoms with Crippen LogP contribution in [0.3, 0.4) is 0 Å². The van der Waals surface area contributed by atoms with Crippen LogP contribution in [0, 0.1) is 5.82 Å². The van der Waals surface area contributed by atoms with Crippen molar-refractivity contribution in [3.8, 4) is 5.75 Å². The van der Waals surface area contributed by atoms with Gasteiger partial charge in [-0.25, -0.2) is 4.39 Å². The van der Waals surface area contributed by atoms with Crippen LogP contribution >= 0.6 is 0 Å². The van der Waals surface area contributed by atoms with Crippen LogP contribution in [0.5, 0.6) is 5.75 Å². The number of rotatable bonds is 6. The van der Waals surface area contributed by atoms with Crippen molar-refractivity contribution in [2.75, 3.05) is 19.7 Å². The molecule has 138 valence electrons. The zero-order valence-electron chi connectivity index (χ0n) is 14.7. The normalized spacial score (nSPS) is 17.2. The summed E-state index contributed by atoms with van der Waals surface area (Å²) in [6.45, 7) is 1.52. The van der Waals surface area contributed by atoms with E-state index in [0.29, 0.717) is 31.9 Å². The van der Waals surface area contributed by atoms with Crippen LogP contribution in [-0.4, -0.2) is 35.5 Å². The van der Waals surface area contributed by atoms with Gasteiger partial charge in [-0.1, -0.05) is 6.07 Å². The molecule has 26 heavy (non-hydrogen) atoms. The first-order valence-corrected chi connectivity index (χ1v) is 9.05. The summed E-state index contributed by atoms with van der Waals surface area (Å²) in [6, 6.07) is 9.68. The van der Waals surface area contributed by atoms with Crippen LogP contribution in [0.15, 0.2) is 42.6 Å². The van der Waals surface area contributed by atoms with Crippen molar-refractivity contribution in [3.63, 3.8) is 0 Å². The van der Waals surface area contributed by atoms with E-state index in [1.165, 1.54) is 18.2 Å². The van der Waals surface area contributed by atoms with Gasteiger partial charge in [-0.15, -0.1) is 0 Å². The van der Waals surface area contributed by atoms with E-state index >= 15 is 0 Å². The van der Waals surface area contributed by atoms with Gasteiger partial charge in [0, 0.05) is 12.7 Å². The van der Waals surface area contributed by atoms with Crippen molar-refractivity contribution in [3.05, 3.63) is 59.7 Å². The smallest absolute Gasteiger partial charge is 0.258 e. The maximum Gasteiger partial charge on any atom is 0.258 e. The van der Waals surface area contributed by atoms with Crippen LogP contribution < -0.4 is 10.5 Å². The molecule has 1 saturated heterocycles. The Hall–Kier alpha value is -2.47. The van der Waals surface area contributed by atoms with Crippen molar-refractivity contribution >= 4 is 5.91 Å². The average molecular weight is 357 g/mol. The Morgan fingerprint density at radius 1 is 1.31 bits per heavy atom. The Kier molecular flexibility index (Phi) is 6.17. The van der Waals surface area contributed by atoms with Crippen molar-refractivity contribution in [2.45, 2.75) is 31.7 Å². The molecule has 0 spiro atoms. The van der Waals surface area contributed by atoms with E-state index in [0.717, 1.165) is 25.0 Å². The summed E-state index contributed by atoms with van der Waals surface area (Å²) in [5.41, 5.74) is 6.61. The molecule has 2 aromatic rings. The van der Waals surface area contributed by atoms with Crippen LogP contribution in [0.25, 0.3) is 0 Å². The van der Waals surface area contributed by atoms with Gasteiger partial charge in [-0.2, -0.15) is 0 Å². The number of nitrogens with zero attached hydrogens (tertiary/aromatic N) is 2. The lowest BCUT2D eigenvalue weighted by atomic mass is 9.97. The number of pyridine rings is 1. The van der Waals surface area contributed by atoms with E-state index in [9.17, 15) is 9.18 Å². The molecule has 2 heterocycles. The highest BCUT2D eigenvalue weighted by atomic mass is 19.1. The molecular formula is C20H24FN3O2. The molecule has 5 nitrogen and oxygen atoms in total. The largest absolute Gasteiger partial charge is 0.493 e. The summed E-state index contributed by atoms with van der Waals surface area (Å²) in [5, 5.41) is 0. The molecule has 0 aliphatic carbocycles. The predicted molar refractivity (Wildman–Crippen MR) is 97.4 cm³/mol. The fourth-order valence-electron chi connectivity index (χ4n) is 3.27. The summed E-state index contributed by atoms with van der Waals surface area (Å²) in [6.07, 6.45) is 5.21. The fourth-order valence-corrected chi connectivity index (χ4v) is 3.27. The second-order valence-electron chi connectivity index (χ2n) is 6.40. The Bertz CT molecular complexity index is 739. The summed E-state index contributed by atoms with van der Waals surface area (Å²) in [4.78, 5) is 19.4. The Balaban J connectivity index is 1.88. The number of likely N-dealkylation sites (tertiary alicyclic amines) is 1.